The molecular formula is C28H35FN2O3S. The van der Waals surface area contributed by atoms with Crippen molar-refractivity contribution in [1.82, 2.24) is 9.78 Å². The van der Waals surface area contributed by atoms with Crippen molar-refractivity contribution in [3.05, 3.63) is 88.9 Å². The minimum Gasteiger partial charge on any atom is -0.392 e. The summed E-state index contributed by atoms with van der Waals surface area (Å²) in [5, 5.41) is 15.6. The maximum atomic E-state index is 13.3. The van der Waals surface area contributed by atoms with Gasteiger partial charge < -0.3 is 5.11 Å². The summed E-state index contributed by atoms with van der Waals surface area (Å²) in [6, 6.07) is 6.22. The molecule has 3 atom stereocenters. The number of benzene rings is 1. The molecule has 188 valence electrons. The molecule has 3 unspecified atom stereocenters. The number of aromatic nitrogens is 2. The summed E-state index contributed by atoms with van der Waals surface area (Å²) in [6.45, 7) is 11.2. The summed E-state index contributed by atoms with van der Waals surface area (Å²) in [5.74, 6) is -0.764. The van der Waals surface area contributed by atoms with Crippen molar-refractivity contribution in [2.24, 2.45) is 11.3 Å². The van der Waals surface area contributed by atoms with Crippen LogP contribution in [0.25, 0.3) is 11.8 Å². The van der Waals surface area contributed by atoms with E-state index in [2.05, 4.69) is 24.7 Å². The van der Waals surface area contributed by atoms with Gasteiger partial charge in [-0.1, -0.05) is 51.2 Å². The van der Waals surface area contributed by atoms with Gasteiger partial charge in [-0.3, -0.25) is 0 Å². The first-order valence-corrected chi connectivity index (χ1v) is 13.7. The number of allylic oxidation sites excluding steroid dienone is 6. The molecule has 1 fully saturated rings. The highest BCUT2D eigenvalue weighted by Crippen LogP contribution is 2.54. The number of halogens is 1. The van der Waals surface area contributed by atoms with Gasteiger partial charge in [-0.15, -0.1) is 0 Å². The zero-order valence-electron chi connectivity index (χ0n) is 20.9. The molecule has 0 bridgehead atoms. The van der Waals surface area contributed by atoms with Crippen molar-refractivity contribution in [1.29, 1.82) is 0 Å². The van der Waals surface area contributed by atoms with E-state index in [1.54, 1.807) is 42.0 Å². The lowest BCUT2D eigenvalue weighted by molar-refractivity contribution is 0.0732. The fraction of sp³-hybridized carbons (Fsp3) is 0.393. The number of aliphatic hydroxyl groups is 1. The highest BCUT2D eigenvalue weighted by atomic mass is 32.2. The summed E-state index contributed by atoms with van der Waals surface area (Å²) in [6.07, 6.45) is 11.6. The average Bonchev–Trinajstić information content (AvgIpc) is 3.38. The Kier molecular flexibility index (Phi) is 8.34. The van der Waals surface area contributed by atoms with Gasteiger partial charge in [-0.25, -0.2) is 17.5 Å². The molecule has 4 rings (SSSR count). The van der Waals surface area contributed by atoms with Crippen LogP contribution in [0.5, 0.6) is 0 Å². The molecule has 0 amide bonds. The standard InChI is InChI=1S/C26H29FN2O3S.C2H6/c1-4-5-6-7-18(2)33(31,32)17-25(30)23-13-8-20-14-24-19(15-26(20,23)3)16-28-29(24)22-11-9-21(27)10-12-22;1-2/h4-7,9-12,14,16,23,25,30H,1,8,13,15,17H2,2-3H3;1-2H3/b6-5-,18-7+;. The van der Waals surface area contributed by atoms with E-state index in [1.807, 2.05) is 20.0 Å². The van der Waals surface area contributed by atoms with Crippen LogP contribution in [-0.4, -0.2) is 35.2 Å². The minimum atomic E-state index is -3.58. The zero-order chi connectivity index (χ0) is 25.8. The van der Waals surface area contributed by atoms with Crippen LogP contribution in [0.2, 0.25) is 0 Å². The van der Waals surface area contributed by atoms with Gasteiger partial charge in [-0.2, -0.15) is 5.10 Å². The molecule has 1 N–H and O–H groups in total. The second-order valence-corrected chi connectivity index (χ2v) is 11.3. The van der Waals surface area contributed by atoms with E-state index in [0.29, 0.717) is 6.42 Å². The Balaban J connectivity index is 0.00000167. The summed E-state index contributed by atoms with van der Waals surface area (Å²) in [5.41, 5.74) is 3.65. The summed E-state index contributed by atoms with van der Waals surface area (Å²) < 4.78 is 40.7. The van der Waals surface area contributed by atoms with Crippen LogP contribution < -0.4 is 0 Å². The van der Waals surface area contributed by atoms with E-state index >= 15 is 0 Å². The smallest absolute Gasteiger partial charge is 0.176 e. The Morgan fingerprint density at radius 2 is 2.00 bits per heavy atom. The highest BCUT2D eigenvalue weighted by Gasteiger charge is 2.49. The molecule has 1 aromatic heterocycles. The lowest BCUT2D eigenvalue weighted by atomic mass is 9.68. The molecule has 2 aliphatic rings. The Morgan fingerprint density at radius 1 is 1.31 bits per heavy atom. The third kappa shape index (κ3) is 5.41. The number of aliphatic hydroxyl groups excluding tert-OH is 1. The molecule has 0 radical (unpaired) electrons. The van der Waals surface area contributed by atoms with Crippen LogP contribution >= 0.6 is 0 Å². The van der Waals surface area contributed by atoms with Crippen molar-refractivity contribution in [2.45, 2.75) is 53.1 Å². The van der Waals surface area contributed by atoms with E-state index < -0.39 is 15.9 Å². The molecular weight excluding hydrogens is 463 g/mol. The predicted molar refractivity (Wildman–Crippen MR) is 140 cm³/mol. The summed E-state index contributed by atoms with van der Waals surface area (Å²) in [4.78, 5) is 0.227. The molecule has 0 saturated heterocycles. The van der Waals surface area contributed by atoms with Crippen molar-refractivity contribution < 1.29 is 17.9 Å². The average molecular weight is 499 g/mol. The number of fused-ring (bicyclic) bond motifs is 2. The molecule has 7 heteroatoms. The van der Waals surface area contributed by atoms with Gasteiger partial charge in [-0.05, 0) is 79.5 Å². The Hall–Kier alpha value is -2.77. The summed E-state index contributed by atoms with van der Waals surface area (Å²) >= 11 is 0. The number of sulfone groups is 1. The zero-order valence-corrected chi connectivity index (χ0v) is 21.7. The number of nitrogens with zero attached hydrogens (tertiary/aromatic N) is 2. The first kappa shape index (κ1) is 26.8. The van der Waals surface area contributed by atoms with Crippen LogP contribution in [-0.2, 0) is 16.3 Å². The third-order valence-electron chi connectivity index (χ3n) is 7.03. The molecule has 1 aromatic carbocycles. The van der Waals surface area contributed by atoms with Crippen LogP contribution in [0, 0.1) is 17.2 Å². The van der Waals surface area contributed by atoms with Gasteiger partial charge >= 0.3 is 0 Å². The monoisotopic (exact) mass is 498 g/mol. The van der Waals surface area contributed by atoms with E-state index in [0.717, 1.165) is 29.8 Å². The molecule has 0 spiro atoms. The lowest BCUT2D eigenvalue weighted by Crippen LogP contribution is -2.39. The second-order valence-electron chi connectivity index (χ2n) is 9.10. The topological polar surface area (TPSA) is 72.2 Å². The van der Waals surface area contributed by atoms with Crippen molar-refractivity contribution in [3.8, 4) is 5.69 Å². The number of hydrogen-bond donors (Lipinski definition) is 1. The van der Waals surface area contributed by atoms with E-state index in [-0.39, 0.29) is 27.8 Å². The van der Waals surface area contributed by atoms with Crippen molar-refractivity contribution in [3.63, 3.8) is 0 Å². The molecule has 0 aliphatic heterocycles. The normalized spacial score (nSPS) is 22.6. The van der Waals surface area contributed by atoms with Crippen LogP contribution in [0.3, 0.4) is 0 Å². The fourth-order valence-corrected chi connectivity index (χ4v) is 6.36. The number of hydrogen-bond acceptors (Lipinski definition) is 4. The quantitative estimate of drug-likeness (QED) is 0.489. The van der Waals surface area contributed by atoms with Gasteiger partial charge in [0.15, 0.2) is 9.84 Å². The highest BCUT2D eigenvalue weighted by molar-refractivity contribution is 7.95. The van der Waals surface area contributed by atoms with Gasteiger partial charge in [0.05, 0.1) is 29.4 Å². The van der Waals surface area contributed by atoms with E-state index in [1.165, 1.54) is 23.8 Å². The van der Waals surface area contributed by atoms with E-state index in [9.17, 15) is 17.9 Å². The second kappa shape index (κ2) is 10.9. The maximum absolute atomic E-state index is 13.3. The SMILES string of the molecule is C=C/C=C\C=C(/C)S(=O)(=O)CC(O)C1CCC2=Cc3c(cnn3-c3ccc(F)cc3)CC21C.CC. The van der Waals surface area contributed by atoms with Gasteiger partial charge in [0.2, 0.25) is 0 Å². The van der Waals surface area contributed by atoms with Crippen molar-refractivity contribution >= 4 is 15.9 Å². The van der Waals surface area contributed by atoms with E-state index in [4.69, 9.17) is 0 Å². The molecule has 1 saturated carbocycles. The molecule has 2 aliphatic carbocycles. The van der Waals surface area contributed by atoms with Crippen LogP contribution in [0.1, 0.15) is 51.8 Å². The largest absolute Gasteiger partial charge is 0.392 e. The summed E-state index contributed by atoms with van der Waals surface area (Å²) in [7, 11) is -3.58. The third-order valence-corrected chi connectivity index (χ3v) is 8.92. The predicted octanol–water partition coefficient (Wildman–Crippen LogP) is 5.82. The first-order chi connectivity index (χ1) is 16.7. The maximum Gasteiger partial charge on any atom is 0.176 e. The minimum absolute atomic E-state index is 0.169. The van der Waals surface area contributed by atoms with Gasteiger partial charge in [0.25, 0.3) is 0 Å². The molecule has 1 heterocycles. The molecule has 35 heavy (non-hydrogen) atoms. The Labute approximate surface area is 208 Å². The van der Waals surface area contributed by atoms with Crippen LogP contribution in [0.15, 0.2) is 71.8 Å². The van der Waals surface area contributed by atoms with Gasteiger partial charge in [0, 0.05) is 4.91 Å². The Bertz CT molecular complexity index is 1260. The number of rotatable bonds is 7. The lowest BCUT2D eigenvalue weighted by Gasteiger charge is -2.38. The Morgan fingerprint density at radius 3 is 2.66 bits per heavy atom. The fourth-order valence-electron chi connectivity index (χ4n) is 5.13. The van der Waals surface area contributed by atoms with Crippen LogP contribution in [0.4, 0.5) is 4.39 Å². The first-order valence-electron chi connectivity index (χ1n) is 12.1. The molecule has 5 nitrogen and oxygen atoms in total. The van der Waals surface area contributed by atoms with Gasteiger partial charge in [0.1, 0.15) is 5.82 Å². The molecule has 2 aromatic rings. The van der Waals surface area contributed by atoms with Crippen molar-refractivity contribution in [2.75, 3.05) is 5.75 Å².